The van der Waals surface area contributed by atoms with Crippen molar-refractivity contribution in [1.29, 1.82) is 0 Å². The van der Waals surface area contributed by atoms with Crippen LogP contribution in [0.2, 0.25) is 0 Å². The molecule has 0 saturated heterocycles. The Hall–Kier alpha value is -0.0500. The molecule has 1 N–H and O–H groups in total. The molecular weight excluding hydrogens is 388 g/mol. The molecule has 26 heavy (non-hydrogen) atoms. The van der Waals surface area contributed by atoms with E-state index in [0.29, 0.717) is 11.8 Å². The number of carboxylic acid groups (broad SMARTS) is 1. The second-order valence-corrected chi connectivity index (χ2v) is 9.25. The number of alkyl halides is 1. The molecule has 3 heteroatoms. The monoisotopic (exact) mass is 430 g/mol. The van der Waals surface area contributed by atoms with E-state index >= 15 is 0 Å². The first kappa shape index (κ1) is 24.0. The van der Waals surface area contributed by atoms with Crippen molar-refractivity contribution in [2.75, 3.05) is 5.33 Å². The first-order valence-corrected chi connectivity index (χ1v) is 12.6. The normalized spacial score (nSPS) is 17.9. The number of hydrogen-bond donors (Lipinski definition) is 1. The number of unbranched alkanes of at least 4 members (excludes halogenated alkanes) is 8. The molecule has 0 radical (unpaired) electrons. The minimum Gasteiger partial charge on any atom is -0.481 e. The summed E-state index contributed by atoms with van der Waals surface area (Å²) in [5.74, 6) is 0.475. The van der Waals surface area contributed by atoms with Gasteiger partial charge in [0.15, 0.2) is 0 Å². The van der Waals surface area contributed by atoms with Crippen molar-refractivity contribution < 1.29 is 9.90 Å². The summed E-state index contributed by atoms with van der Waals surface area (Å²) in [5.41, 5.74) is 0. The Morgan fingerprint density at radius 3 is 2.08 bits per heavy atom. The molecule has 0 amide bonds. The van der Waals surface area contributed by atoms with Crippen molar-refractivity contribution in [1.82, 2.24) is 0 Å². The van der Waals surface area contributed by atoms with Gasteiger partial charge in [-0.05, 0) is 31.1 Å². The molecule has 2 unspecified atom stereocenters. The predicted molar refractivity (Wildman–Crippen MR) is 116 cm³/mol. The molecule has 0 spiro atoms. The molecule has 0 heterocycles. The van der Waals surface area contributed by atoms with Crippen LogP contribution in [-0.4, -0.2) is 16.4 Å². The molecule has 1 aliphatic carbocycles. The average Bonchev–Trinajstić information content (AvgIpc) is 2.65. The van der Waals surface area contributed by atoms with Gasteiger partial charge in [0.25, 0.3) is 0 Å². The van der Waals surface area contributed by atoms with Gasteiger partial charge in [0.05, 0.1) is 5.92 Å². The summed E-state index contributed by atoms with van der Waals surface area (Å²) in [6, 6.07) is 0. The summed E-state index contributed by atoms with van der Waals surface area (Å²) in [5, 5.41) is 11.0. The highest BCUT2D eigenvalue weighted by Crippen LogP contribution is 2.39. The Labute approximate surface area is 171 Å². The van der Waals surface area contributed by atoms with Gasteiger partial charge in [-0.2, -0.15) is 0 Å². The van der Waals surface area contributed by atoms with Gasteiger partial charge in [-0.15, -0.1) is 0 Å². The van der Waals surface area contributed by atoms with E-state index in [-0.39, 0.29) is 5.92 Å². The van der Waals surface area contributed by atoms with E-state index in [2.05, 4.69) is 22.9 Å². The summed E-state index contributed by atoms with van der Waals surface area (Å²) in [6.07, 6.45) is 21.1. The lowest BCUT2D eigenvalue weighted by molar-refractivity contribution is -0.145. The standard InChI is InChI=1S/C23H43BrO2/c1-2-3-4-5-6-12-17-21(20-15-10-9-11-16-20)22(23(25)26)18-13-7-8-14-19-24/h20-22H,2-19H2,1H3,(H,25,26). The topological polar surface area (TPSA) is 37.3 Å². The molecule has 0 aliphatic heterocycles. The third kappa shape index (κ3) is 10.3. The van der Waals surface area contributed by atoms with Crippen molar-refractivity contribution in [2.24, 2.45) is 17.8 Å². The lowest BCUT2D eigenvalue weighted by Gasteiger charge is -2.34. The zero-order valence-corrected chi connectivity index (χ0v) is 18.8. The summed E-state index contributed by atoms with van der Waals surface area (Å²) in [6.45, 7) is 2.26. The molecule has 2 atom stereocenters. The largest absolute Gasteiger partial charge is 0.481 e. The molecule has 0 aromatic carbocycles. The molecule has 154 valence electrons. The van der Waals surface area contributed by atoms with E-state index in [1.165, 1.54) is 89.9 Å². The third-order valence-corrected chi connectivity index (χ3v) is 6.94. The van der Waals surface area contributed by atoms with Crippen LogP contribution < -0.4 is 0 Å². The minimum absolute atomic E-state index is 0.0993. The Bertz CT molecular complexity index is 339. The zero-order valence-electron chi connectivity index (χ0n) is 17.2. The van der Waals surface area contributed by atoms with Crippen molar-refractivity contribution >= 4 is 21.9 Å². The highest BCUT2D eigenvalue weighted by Gasteiger charge is 2.33. The highest BCUT2D eigenvalue weighted by atomic mass is 79.9. The Morgan fingerprint density at radius 1 is 0.885 bits per heavy atom. The summed E-state index contributed by atoms with van der Waals surface area (Å²) >= 11 is 3.49. The molecule has 1 rings (SSSR count). The number of rotatable bonds is 16. The Balaban J connectivity index is 2.52. The van der Waals surface area contributed by atoms with Gasteiger partial charge in [0.2, 0.25) is 0 Å². The van der Waals surface area contributed by atoms with Gasteiger partial charge in [0.1, 0.15) is 0 Å². The van der Waals surface area contributed by atoms with Crippen LogP contribution in [-0.2, 0) is 4.79 Å². The van der Waals surface area contributed by atoms with E-state index in [9.17, 15) is 9.90 Å². The number of aliphatic carboxylic acids is 1. The molecule has 1 saturated carbocycles. The summed E-state index contributed by atoms with van der Waals surface area (Å²) in [7, 11) is 0. The number of hydrogen-bond acceptors (Lipinski definition) is 1. The van der Waals surface area contributed by atoms with Crippen molar-refractivity contribution in [3.63, 3.8) is 0 Å². The predicted octanol–water partition coefficient (Wildman–Crippen LogP) is 7.98. The fourth-order valence-electron chi connectivity index (χ4n) is 4.82. The highest BCUT2D eigenvalue weighted by molar-refractivity contribution is 9.09. The second kappa shape index (κ2) is 16.0. The average molecular weight is 431 g/mol. The molecule has 0 aromatic rings. The number of halogens is 1. The SMILES string of the molecule is CCCCCCCCC(C1CCCCC1)C(CCCCCCBr)C(=O)O. The third-order valence-electron chi connectivity index (χ3n) is 6.38. The van der Waals surface area contributed by atoms with Gasteiger partial charge in [-0.1, -0.05) is 113 Å². The van der Waals surface area contributed by atoms with Crippen LogP contribution in [0, 0.1) is 17.8 Å². The van der Waals surface area contributed by atoms with E-state index in [0.717, 1.165) is 24.6 Å². The molecular formula is C23H43BrO2. The first-order valence-electron chi connectivity index (χ1n) is 11.5. The molecule has 1 fully saturated rings. The van der Waals surface area contributed by atoms with Gasteiger partial charge in [0, 0.05) is 5.33 Å². The van der Waals surface area contributed by atoms with Crippen LogP contribution in [0.3, 0.4) is 0 Å². The molecule has 2 nitrogen and oxygen atoms in total. The van der Waals surface area contributed by atoms with Gasteiger partial charge >= 0.3 is 5.97 Å². The van der Waals surface area contributed by atoms with Crippen LogP contribution in [0.25, 0.3) is 0 Å². The maximum absolute atomic E-state index is 12.1. The van der Waals surface area contributed by atoms with Gasteiger partial charge in [-0.3, -0.25) is 4.79 Å². The lowest BCUT2D eigenvalue weighted by atomic mass is 9.70. The lowest BCUT2D eigenvalue weighted by Crippen LogP contribution is -2.31. The zero-order chi connectivity index (χ0) is 19.0. The number of carboxylic acids is 1. The van der Waals surface area contributed by atoms with Crippen LogP contribution in [0.4, 0.5) is 0 Å². The summed E-state index contributed by atoms with van der Waals surface area (Å²) < 4.78 is 0. The van der Waals surface area contributed by atoms with Crippen molar-refractivity contribution in [2.45, 2.75) is 116 Å². The summed E-state index contributed by atoms with van der Waals surface area (Å²) in [4.78, 5) is 12.1. The van der Waals surface area contributed by atoms with Gasteiger partial charge in [-0.25, -0.2) is 0 Å². The fourth-order valence-corrected chi connectivity index (χ4v) is 5.22. The van der Waals surface area contributed by atoms with Crippen molar-refractivity contribution in [3.05, 3.63) is 0 Å². The maximum Gasteiger partial charge on any atom is 0.306 e. The first-order chi connectivity index (χ1) is 12.7. The Morgan fingerprint density at radius 2 is 1.46 bits per heavy atom. The van der Waals surface area contributed by atoms with Crippen LogP contribution in [0.1, 0.15) is 116 Å². The quantitative estimate of drug-likeness (QED) is 0.199. The number of carbonyl (C=O) groups is 1. The maximum atomic E-state index is 12.1. The van der Waals surface area contributed by atoms with Crippen LogP contribution in [0.5, 0.6) is 0 Å². The Kier molecular flexibility index (Phi) is 14.7. The minimum atomic E-state index is -0.521. The fraction of sp³-hybridized carbons (Fsp3) is 0.957. The van der Waals surface area contributed by atoms with Gasteiger partial charge < -0.3 is 5.11 Å². The molecule has 0 aromatic heterocycles. The molecule has 1 aliphatic rings. The van der Waals surface area contributed by atoms with Crippen LogP contribution >= 0.6 is 15.9 Å². The second-order valence-electron chi connectivity index (χ2n) is 8.45. The van der Waals surface area contributed by atoms with E-state index in [4.69, 9.17) is 0 Å². The van der Waals surface area contributed by atoms with E-state index < -0.39 is 5.97 Å². The van der Waals surface area contributed by atoms with Crippen LogP contribution in [0.15, 0.2) is 0 Å². The smallest absolute Gasteiger partial charge is 0.306 e. The molecule has 0 bridgehead atoms. The van der Waals surface area contributed by atoms with E-state index in [1.807, 2.05) is 0 Å². The van der Waals surface area contributed by atoms with Crippen molar-refractivity contribution in [3.8, 4) is 0 Å². The van der Waals surface area contributed by atoms with E-state index in [1.54, 1.807) is 0 Å².